The highest BCUT2D eigenvalue weighted by molar-refractivity contribution is 5.96. The number of nitrogens with zero attached hydrogens (tertiary/aromatic N) is 1. The lowest BCUT2D eigenvalue weighted by Gasteiger charge is -2.16. The van der Waals surface area contributed by atoms with E-state index in [0.29, 0.717) is 34.2 Å². The van der Waals surface area contributed by atoms with Crippen molar-refractivity contribution in [1.29, 1.82) is 0 Å². The number of rotatable bonds is 9. The lowest BCUT2D eigenvalue weighted by atomic mass is 10.0. The van der Waals surface area contributed by atoms with Crippen LogP contribution < -0.4 is 20.1 Å². The number of benzene rings is 3. The molecule has 4 rings (SSSR count). The van der Waals surface area contributed by atoms with Crippen LogP contribution in [0.15, 0.2) is 79.1 Å². The standard InChI is InChI=1S/C27H23N3O6/c1-35-24-13-16(7-9-21(24)29-20-6-4-3-5-18(20)26(31)32)17-8-10-22(25(14-17)36-2)30-23-15-28-12-11-19(23)27(33)34/h3-15,29-30H,1-2H3,(H,31,32)(H,33,34). The van der Waals surface area contributed by atoms with Crippen molar-refractivity contribution in [1.82, 2.24) is 4.98 Å². The number of pyridine rings is 1. The molecule has 0 saturated heterocycles. The van der Waals surface area contributed by atoms with Crippen LogP contribution in [0.2, 0.25) is 0 Å². The highest BCUT2D eigenvalue weighted by Gasteiger charge is 2.15. The highest BCUT2D eigenvalue weighted by Crippen LogP contribution is 2.37. The second-order valence-electron chi connectivity index (χ2n) is 7.66. The van der Waals surface area contributed by atoms with E-state index in [0.717, 1.165) is 11.1 Å². The van der Waals surface area contributed by atoms with Gasteiger partial charge in [0.25, 0.3) is 0 Å². The molecular formula is C27H23N3O6. The summed E-state index contributed by atoms with van der Waals surface area (Å²) in [6.45, 7) is 0. The minimum Gasteiger partial charge on any atom is -0.495 e. The van der Waals surface area contributed by atoms with Crippen LogP contribution in [0.1, 0.15) is 20.7 Å². The molecule has 9 nitrogen and oxygen atoms in total. The van der Waals surface area contributed by atoms with E-state index in [-0.39, 0.29) is 11.1 Å². The van der Waals surface area contributed by atoms with Gasteiger partial charge in [-0.15, -0.1) is 0 Å². The predicted molar refractivity (Wildman–Crippen MR) is 136 cm³/mol. The summed E-state index contributed by atoms with van der Waals surface area (Å²) < 4.78 is 11.1. The van der Waals surface area contributed by atoms with Gasteiger partial charge in [0.15, 0.2) is 0 Å². The van der Waals surface area contributed by atoms with Crippen molar-refractivity contribution in [2.45, 2.75) is 0 Å². The number of aromatic nitrogens is 1. The van der Waals surface area contributed by atoms with Crippen LogP contribution in [-0.2, 0) is 0 Å². The average Bonchev–Trinajstić information content (AvgIpc) is 2.89. The van der Waals surface area contributed by atoms with Gasteiger partial charge in [0.2, 0.25) is 0 Å². The van der Waals surface area contributed by atoms with Gasteiger partial charge in [0.05, 0.1) is 54.3 Å². The van der Waals surface area contributed by atoms with Crippen LogP contribution in [0, 0.1) is 0 Å². The summed E-state index contributed by atoms with van der Waals surface area (Å²) in [4.78, 5) is 27.1. The van der Waals surface area contributed by atoms with Crippen LogP contribution in [-0.4, -0.2) is 41.4 Å². The molecule has 9 heteroatoms. The molecule has 0 aliphatic heterocycles. The Hall–Kier alpha value is -5.05. The number of methoxy groups -OCH3 is 2. The highest BCUT2D eigenvalue weighted by atomic mass is 16.5. The Morgan fingerprint density at radius 2 is 1.22 bits per heavy atom. The minimum absolute atomic E-state index is 0.0911. The molecule has 4 N–H and O–H groups in total. The van der Waals surface area contributed by atoms with Gasteiger partial charge >= 0.3 is 11.9 Å². The molecule has 0 amide bonds. The third kappa shape index (κ3) is 5.05. The first kappa shape index (κ1) is 24.1. The maximum atomic E-state index is 11.5. The first-order valence-electron chi connectivity index (χ1n) is 10.8. The molecule has 1 heterocycles. The summed E-state index contributed by atoms with van der Waals surface area (Å²) in [5.74, 6) is -1.07. The van der Waals surface area contributed by atoms with Crippen LogP contribution >= 0.6 is 0 Å². The van der Waals surface area contributed by atoms with Crippen molar-refractivity contribution in [3.8, 4) is 22.6 Å². The molecule has 0 aliphatic rings. The lowest BCUT2D eigenvalue weighted by Crippen LogP contribution is -2.04. The van der Waals surface area contributed by atoms with Crippen molar-refractivity contribution in [3.05, 3.63) is 90.3 Å². The van der Waals surface area contributed by atoms with Crippen molar-refractivity contribution < 1.29 is 29.3 Å². The van der Waals surface area contributed by atoms with E-state index in [1.165, 1.54) is 38.7 Å². The van der Waals surface area contributed by atoms with Gasteiger partial charge in [-0.2, -0.15) is 0 Å². The number of anilines is 4. The lowest BCUT2D eigenvalue weighted by molar-refractivity contribution is 0.0687. The van der Waals surface area contributed by atoms with E-state index < -0.39 is 11.9 Å². The number of hydrogen-bond donors (Lipinski definition) is 4. The summed E-state index contributed by atoms with van der Waals surface area (Å²) in [5.41, 5.74) is 3.88. The van der Waals surface area contributed by atoms with E-state index in [2.05, 4.69) is 15.6 Å². The van der Waals surface area contributed by atoms with Crippen LogP contribution in [0.25, 0.3) is 11.1 Å². The van der Waals surface area contributed by atoms with E-state index in [4.69, 9.17) is 9.47 Å². The average molecular weight is 485 g/mol. The molecule has 0 saturated carbocycles. The van der Waals surface area contributed by atoms with Crippen LogP contribution in [0.4, 0.5) is 22.7 Å². The Morgan fingerprint density at radius 1 is 0.694 bits per heavy atom. The summed E-state index contributed by atoms with van der Waals surface area (Å²) >= 11 is 0. The molecule has 3 aromatic carbocycles. The number of nitrogens with one attached hydrogen (secondary N) is 2. The first-order valence-corrected chi connectivity index (χ1v) is 10.8. The molecule has 182 valence electrons. The number of carboxylic acid groups (broad SMARTS) is 2. The van der Waals surface area contributed by atoms with Gasteiger partial charge < -0.3 is 30.3 Å². The molecule has 0 unspecified atom stereocenters. The Bertz CT molecular complexity index is 1330. The molecule has 1 aromatic heterocycles. The van der Waals surface area contributed by atoms with Crippen molar-refractivity contribution >= 4 is 34.7 Å². The fraction of sp³-hybridized carbons (Fsp3) is 0.0741. The van der Waals surface area contributed by atoms with Gasteiger partial charge in [0.1, 0.15) is 11.5 Å². The quantitative estimate of drug-likeness (QED) is 0.238. The largest absolute Gasteiger partial charge is 0.495 e. The van der Waals surface area contributed by atoms with Gasteiger partial charge in [-0.1, -0.05) is 24.3 Å². The SMILES string of the molecule is COc1cc(-c2ccc(Nc3cnccc3C(=O)O)c(OC)c2)ccc1Nc1ccccc1C(=O)O. The monoisotopic (exact) mass is 485 g/mol. The van der Waals surface area contributed by atoms with Gasteiger partial charge in [-0.05, 0) is 53.6 Å². The first-order chi connectivity index (χ1) is 17.4. The molecule has 0 fully saturated rings. The third-order valence-electron chi connectivity index (χ3n) is 5.48. The second kappa shape index (κ2) is 10.5. The zero-order valence-electron chi connectivity index (χ0n) is 19.5. The number of carbonyl (C=O) groups is 2. The summed E-state index contributed by atoms with van der Waals surface area (Å²) in [6, 6.07) is 19.0. The molecule has 4 aromatic rings. The van der Waals surface area contributed by atoms with Gasteiger partial charge in [-0.25, -0.2) is 9.59 Å². The molecule has 0 atom stereocenters. The maximum Gasteiger partial charge on any atom is 0.337 e. The number of ether oxygens (including phenoxy) is 2. The minimum atomic E-state index is -1.07. The molecule has 0 spiro atoms. The van der Waals surface area contributed by atoms with E-state index in [9.17, 15) is 19.8 Å². The van der Waals surface area contributed by atoms with Crippen molar-refractivity contribution in [3.63, 3.8) is 0 Å². The second-order valence-corrected chi connectivity index (χ2v) is 7.66. The van der Waals surface area contributed by atoms with Crippen molar-refractivity contribution in [2.75, 3.05) is 24.9 Å². The molecule has 0 radical (unpaired) electrons. The molecular weight excluding hydrogens is 462 g/mol. The fourth-order valence-electron chi connectivity index (χ4n) is 3.70. The summed E-state index contributed by atoms with van der Waals surface area (Å²) in [7, 11) is 3.06. The molecule has 0 aliphatic carbocycles. The smallest absolute Gasteiger partial charge is 0.337 e. The number of carboxylic acids is 2. The molecule has 36 heavy (non-hydrogen) atoms. The summed E-state index contributed by atoms with van der Waals surface area (Å²) in [5, 5.41) is 25.1. The van der Waals surface area contributed by atoms with E-state index in [1.54, 1.807) is 30.3 Å². The Kier molecular flexibility index (Phi) is 7.01. The zero-order chi connectivity index (χ0) is 25.7. The Balaban J connectivity index is 1.64. The third-order valence-corrected chi connectivity index (χ3v) is 5.48. The van der Waals surface area contributed by atoms with Gasteiger partial charge in [0, 0.05) is 6.20 Å². The topological polar surface area (TPSA) is 130 Å². The predicted octanol–water partition coefficient (Wildman–Crippen LogP) is 5.65. The van der Waals surface area contributed by atoms with Crippen LogP contribution in [0.5, 0.6) is 11.5 Å². The zero-order valence-corrected chi connectivity index (χ0v) is 19.5. The van der Waals surface area contributed by atoms with E-state index >= 15 is 0 Å². The Morgan fingerprint density at radius 3 is 1.78 bits per heavy atom. The number of para-hydroxylation sites is 1. The van der Waals surface area contributed by atoms with Crippen molar-refractivity contribution in [2.24, 2.45) is 0 Å². The maximum absolute atomic E-state index is 11.5. The van der Waals surface area contributed by atoms with Crippen LogP contribution in [0.3, 0.4) is 0 Å². The molecule has 0 bridgehead atoms. The normalized spacial score (nSPS) is 10.4. The number of hydrogen-bond acceptors (Lipinski definition) is 7. The number of aromatic carboxylic acids is 2. The van der Waals surface area contributed by atoms with Gasteiger partial charge in [-0.3, -0.25) is 4.98 Å². The summed E-state index contributed by atoms with van der Waals surface area (Å²) in [6.07, 6.45) is 2.86. The fourth-order valence-corrected chi connectivity index (χ4v) is 3.70. The van der Waals surface area contributed by atoms with E-state index in [1.807, 2.05) is 24.3 Å². The Labute approximate surface area is 207 Å².